The first kappa shape index (κ1) is 25.2. The molecular formula is C28H32N4O4. The van der Waals surface area contributed by atoms with E-state index >= 15 is 0 Å². The third kappa shape index (κ3) is 4.90. The van der Waals surface area contributed by atoms with Gasteiger partial charge in [0.1, 0.15) is 11.5 Å². The summed E-state index contributed by atoms with van der Waals surface area (Å²) in [5.74, 6) is -0.900. The molecule has 1 atom stereocenters. The number of carbonyl (C=O) groups is 2. The molecule has 3 aromatic rings. The molecule has 1 aromatic heterocycles. The number of carbonyl (C=O) groups excluding carboxylic acids is 2. The average molecular weight is 489 g/mol. The molecule has 36 heavy (non-hydrogen) atoms. The molecule has 1 aliphatic heterocycles. The van der Waals surface area contributed by atoms with Gasteiger partial charge in [0.15, 0.2) is 0 Å². The highest BCUT2D eigenvalue weighted by molar-refractivity contribution is 6.46. The molecule has 188 valence electrons. The maximum atomic E-state index is 13.3. The van der Waals surface area contributed by atoms with Crippen molar-refractivity contribution in [2.24, 2.45) is 0 Å². The van der Waals surface area contributed by atoms with E-state index in [4.69, 9.17) is 4.74 Å². The van der Waals surface area contributed by atoms with Crippen molar-refractivity contribution in [3.63, 3.8) is 0 Å². The fourth-order valence-electron chi connectivity index (χ4n) is 4.57. The molecule has 1 N–H and O–H groups in total. The number of amides is 1. The highest BCUT2D eigenvalue weighted by Crippen LogP contribution is 2.40. The Kier molecular flexibility index (Phi) is 7.55. The Labute approximate surface area is 211 Å². The van der Waals surface area contributed by atoms with E-state index < -0.39 is 17.7 Å². The number of benzene rings is 2. The lowest BCUT2D eigenvalue weighted by Gasteiger charge is -2.26. The fourth-order valence-corrected chi connectivity index (χ4v) is 4.57. The summed E-state index contributed by atoms with van der Waals surface area (Å²) in [4.78, 5) is 30.1. The summed E-state index contributed by atoms with van der Waals surface area (Å²) in [6.45, 7) is 5.35. The molecule has 2 aromatic carbocycles. The Morgan fingerprint density at radius 1 is 1.11 bits per heavy atom. The minimum absolute atomic E-state index is 0.0641. The average Bonchev–Trinajstić information content (AvgIpc) is 3.37. The minimum atomic E-state index is -0.730. The molecule has 0 spiro atoms. The molecule has 0 saturated carbocycles. The zero-order chi connectivity index (χ0) is 25.8. The van der Waals surface area contributed by atoms with Crippen LogP contribution in [0.5, 0.6) is 5.75 Å². The van der Waals surface area contributed by atoms with E-state index in [1.807, 2.05) is 87.4 Å². The molecule has 1 fully saturated rings. The van der Waals surface area contributed by atoms with E-state index in [1.165, 1.54) is 6.20 Å². The van der Waals surface area contributed by atoms with Crippen LogP contribution in [0.2, 0.25) is 0 Å². The topological polar surface area (TPSA) is 87.9 Å². The lowest BCUT2D eigenvalue weighted by Crippen LogP contribution is -2.32. The second-order valence-electron chi connectivity index (χ2n) is 9.05. The Balaban J connectivity index is 1.82. The Hall–Kier alpha value is -3.91. The number of hydrogen-bond acceptors (Lipinski definition) is 6. The van der Waals surface area contributed by atoms with Gasteiger partial charge in [-0.3, -0.25) is 9.59 Å². The van der Waals surface area contributed by atoms with Gasteiger partial charge in [-0.05, 0) is 70.7 Å². The van der Waals surface area contributed by atoms with E-state index in [0.717, 1.165) is 12.2 Å². The molecule has 1 unspecified atom stereocenters. The first-order chi connectivity index (χ1) is 17.3. The van der Waals surface area contributed by atoms with Crippen LogP contribution in [0, 0.1) is 6.92 Å². The third-order valence-electron chi connectivity index (χ3n) is 6.29. The number of rotatable bonds is 9. The van der Waals surface area contributed by atoms with Crippen LogP contribution < -0.4 is 4.74 Å². The zero-order valence-electron chi connectivity index (χ0n) is 21.1. The van der Waals surface area contributed by atoms with Crippen LogP contribution in [0.4, 0.5) is 0 Å². The highest BCUT2D eigenvalue weighted by Gasteiger charge is 2.46. The van der Waals surface area contributed by atoms with Crippen molar-refractivity contribution in [1.29, 1.82) is 0 Å². The summed E-state index contributed by atoms with van der Waals surface area (Å²) in [5, 5.41) is 15.9. The van der Waals surface area contributed by atoms with Gasteiger partial charge in [-0.2, -0.15) is 5.10 Å². The fraction of sp³-hybridized carbons (Fsp3) is 0.321. The van der Waals surface area contributed by atoms with Gasteiger partial charge >= 0.3 is 0 Å². The predicted octanol–water partition coefficient (Wildman–Crippen LogP) is 3.95. The lowest BCUT2D eigenvalue weighted by atomic mass is 9.95. The van der Waals surface area contributed by atoms with Crippen LogP contribution in [-0.4, -0.2) is 70.2 Å². The van der Waals surface area contributed by atoms with E-state index in [9.17, 15) is 14.7 Å². The van der Waals surface area contributed by atoms with Crippen LogP contribution >= 0.6 is 0 Å². The SMILES string of the molecule is CCOc1cccc(C2/C(=C(\O)c3cnn(-c4ccccc4)c3C)C(=O)C(=O)N2CCCN(C)C)c1. The number of aromatic nitrogens is 2. The summed E-state index contributed by atoms with van der Waals surface area (Å²) in [5.41, 5.74) is 2.68. The number of aliphatic hydroxyl groups is 1. The van der Waals surface area contributed by atoms with Crippen molar-refractivity contribution in [3.05, 3.63) is 83.2 Å². The summed E-state index contributed by atoms with van der Waals surface area (Å²) < 4.78 is 7.37. The standard InChI is InChI=1S/C28H32N4O4/c1-5-36-22-14-9-11-20(17-22)25-24(27(34)28(35)31(25)16-10-15-30(3)4)26(33)23-18-29-32(19(23)2)21-12-7-6-8-13-21/h6-9,11-14,17-18,25,33H,5,10,15-16H2,1-4H3/b26-24+. The van der Waals surface area contributed by atoms with Crippen molar-refractivity contribution >= 4 is 17.4 Å². The Bertz CT molecular complexity index is 1280. The van der Waals surface area contributed by atoms with Crippen LogP contribution in [0.25, 0.3) is 11.4 Å². The quantitative estimate of drug-likeness (QED) is 0.279. The third-order valence-corrected chi connectivity index (χ3v) is 6.29. The van der Waals surface area contributed by atoms with Crippen molar-refractivity contribution < 1.29 is 19.4 Å². The normalized spacial score (nSPS) is 17.2. The molecule has 8 heteroatoms. The van der Waals surface area contributed by atoms with Gasteiger partial charge < -0.3 is 19.6 Å². The van der Waals surface area contributed by atoms with E-state index in [1.54, 1.807) is 9.58 Å². The molecule has 0 aliphatic carbocycles. The smallest absolute Gasteiger partial charge is 0.295 e. The molecule has 0 radical (unpaired) electrons. The van der Waals surface area contributed by atoms with Gasteiger partial charge in [0.05, 0.1) is 41.4 Å². The van der Waals surface area contributed by atoms with Gasteiger partial charge in [-0.15, -0.1) is 0 Å². The molecule has 1 aliphatic rings. The minimum Gasteiger partial charge on any atom is -0.507 e. The maximum absolute atomic E-state index is 13.3. The van der Waals surface area contributed by atoms with E-state index in [-0.39, 0.29) is 11.3 Å². The molecule has 0 bridgehead atoms. The van der Waals surface area contributed by atoms with Gasteiger partial charge in [-0.1, -0.05) is 30.3 Å². The molecule has 1 saturated heterocycles. The van der Waals surface area contributed by atoms with Gasteiger partial charge in [0.25, 0.3) is 11.7 Å². The van der Waals surface area contributed by atoms with Crippen molar-refractivity contribution in [2.75, 3.05) is 33.8 Å². The van der Waals surface area contributed by atoms with Gasteiger partial charge in [0.2, 0.25) is 0 Å². The van der Waals surface area contributed by atoms with E-state index in [0.29, 0.717) is 42.1 Å². The molecule has 2 heterocycles. The highest BCUT2D eigenvalue weighted by atomic mass is 16.5. The second kappa shape index (κ2) is 10.8. The van der Waals surface area contributed by atoms with E-state index in [2.05, 4.69) is 5.10 Å². The van der Waals surface area contributed by atoms with Crippen molar-refractivity contribution in [1.82, 2.24) is 19.6 Å². The van der Waals surface area contributed by atoms with Crippen molar-refractivity contribution in [3.8, 4) is 11.4 Å². The van der Waals surface area contributed by atoms with Crippen LogP contribution in [-0.2, 0) is 9.59 Å². The Morgan fingerprint density at radius 2 is 1.86 bits per heavy atom. The summed E-state index contributed by atoms with van der Waals surface area (Å²) in [7, 11) is 3.93. The Morgan fingerprint density at radius 3 is 2.56 bits per heavy atom. The largest absolute Gasteiger partial charge is 0.507 e. The number of para-hydroxylation sites is 1. The number of ketones is 1. The van der Waals surface area contributed by atoms with Gasteiger partial charge in [0, 0.05) is 6.54 Å². The number of Topliss-reactive ketones (excluding diaryl/α,β-unsaturated/α-hetero) is 1. The number of hydrogen-bond donors (Lipinski definition) is 1. The molecule has 1 amide bonds. The van der Waals surface area contributed by atoms with Crippen LogP contribution in [0.3, 0.4) is 0 Å². The maximum Gasteiger partial charge on any atom is 0.295 e. The molecular weight excluding hydrogens is 456 g/mol. The summed E-state index contributed by atoms with van der Waals surface area (Å²) >= 11 is 0. The predicted molar refractivity (Wildman–Crippen MR) is 138 cm³/mol. The van der Waals surface area contributed by atoms with Crippen LogP contribution in [0.15, 0.2) is 66.4 Å². The zero-order valence-corrected chi connectivity index (χ0v) is 21.1. The molecule has 8 nitrogen and oxygen atoms in total. The second-order valence-corrected chi connectivity index (χ2v) is 9.05. The first-order valence-corrected chi connectivity index (χ1v) is 12.1. The van der Waals surface area contributed by atoms with Crippen LogP contribution in [0.1, 0.15) is 36.2 Å². The molecule has 4 rings (SSSR count). The number of ether oxygens (including phenoxy) is 1. The summed E-state index contributed by atoms with van der Waals surface area (Å²) in [6.07, 6.45) is 2.22. The monoisotopic (exact) mass is 488 g/mol. The van der Waals surface area contributed by atoms with Gasteiger partial charge in [-0.25, -0.2) is 4.68 Å². The number of nitrogens with zero attached hydrogens (tertiary/aromatic N) is 4. The summed E-state index contributed by atoms with van der Waals surface area (Å²) in [6, 6.07) is 16.2. The number of aliphatic hydroxyl groups excluding tert-OH is 1. The number of likely N-dealkylation sites (tertiary alicyclic amines) is 1. The van der Waals surface area contributed by atoms with Crippen molar-refractivity contribution in [2.45, 2.75) is 26.3 Å². The first-order valence-electron chi connectivity index (χ1n) is 12.1. The lowest BCUT2D eigenvalue weighted by molar-refractivity contribution is -0.139.